The predicted molar refractivity (Wildman–Crippen MR) is 43.4 cm³/mol. The molecule has 0 heterocycles. The Kier molecular flexibility index (Phi) is 6.12. The lowest BCUT2D eigenvalue weighted by atomic mass is 10.7. The Morgan fingerprint density at radius 1 is 1.89 bits per heavy atom. The maximum atomic E-state index is 7.97. The SMILES string of the molecule is CCO[C@H](CI)N=[N+]=[N-]. The van der Waals surface area contributed by atoms with Crippen LogP contribution >= 0.6 is 22.6 Å². The lowest BCUT2D eigenvalue weighted by molar-refractivity contribution is 0.0869. The fourth-order valence-corrected chi connectivity index (χ4v) is 0.789. The standard InChI is InChI=1S/C4H8IN3O/c1-2-9-4(3-5)7-8-6/h4H,2-3H2,1H3/t4-/m1/s1. The number of hydrogen-bond acceptors (Lipinski definition) is 2. The summed E-state index contributed by atoms with van der Waals surface area (Å²) in [6.45, 7) is 2.46. The van der Waals surface area contributed by atoms with Gasteiger partial charge in [0, 0.05) is 15.9 Å². The number of ether oxygens (including phenoxy) is 1. The minimum atomic E-state index is -0.291. The molecule has 0 N–H and O–H groups in total. The molecule has 0 saturated heterocycles. The highest BCUT2D eigenvalue weighted by Gasteiger charge is 1.99. The van der Waals surface area contributed by atoms with Crippen LogP contribution in [0.3, 0.4) is 0 Å². The maximum Gasteiger partial charge on any atom is 0.145 e. The topological polar surface area (TPSA) is 58.0 Å². The van der Waals surface area contributed by atoms with E-state index in [-0.39, 0.29) is 6.23 Å². The summed E-state index contributed by atoms with van der Waals surface area (Å²) in [5.74, 6) is 0. The molecule has 4 nitrogen and oxygen atoms in total. The number of halogens is 1. The minimum absolute atomic E-state index is 0.291. The van der Waals surface area contributed by atoms with E-state index in [1.165, 1.54) is 0 Å². The fraction of sp³-hybridized carbons (Fsp3) is 1.00. The van der Waals surface area contributed by atoms with Crippen molar-refractivity contribution in [2.75, 3.05) is 11.0 Å². The summed E-state index contributed by atoms with van der Waals surface area (Å²) >= 11 is 2.11. The maximum absolute atomic E-state index is 7.97. The van der Waals surface area contributed by atoms with Crippen LogP contribution in [0.5, 0.6) is 0 Å². The number of nitrogens with zero attached hydrogens (tertiary/aromatic N) is 3. The quantitative estimate of drug-likeness (QED) is 0.244. The molecule has 0 fully saturated rings. The minimum Gasteiger partial charge on any atom is -0.372 e. The molecular formula is C4H8IN3O. The molecule has 1 atom stereocenters. The molecule has 0 aromatic carbocycles. The molecule has 0 rings (SSSR count). The van der Waals surface area contributed by atoms with Crippen LogP contribution in [0.15, 0.2) is 5.11 Å². The van der Waals surface area contributed by atoms with Gasteiger partial charge < -0.3 is 4.74 Å². The van der Waals surface area contributed by atoms with E-state index in [1.54, 1.807) is 0 Å². The van der Waals surface area contributed by atoms with Crippen molar-refractivity contribution in [2.45, 2.75) is 13.2 Å². The molecule has 0 spiro atoms. The average molecular weight is 241 g/mol. The van der Waals surface area contributed by atoms with Gasteiger partial charge in [0.15, 0.2) is 0 Å². The first-order valence-electron chi connectivity index (χ1n) is 2.57. The van der Waals surface area contributed by atoms with Crippen LogP contribution < -0.4 is 0 Å². The zero-order valence-corrected chi connectivity index (χ0v) is 7.28. The van der Waals surface area contributed by atoms with E-state index in [0.717, 1.165) is 0 Å². The Balaban J connectivity index is 3.53. The molecule has 0 aromatic heterocycles. The van der Waals surface area contributed by atoms with Crippen molar-refractivity contribution < 1.29 is 4.74 Å². The van der Waals surface area contributed by atoms with Gasteiger partial charge in [0.05, 0.1) is 0 Å². The Labute approximate surface area is 67.3 Å². The summed E-state index contributed by atoms with van der Waals surface area (Å²) in [5, 5.41) is 3.38. The van der Waals surface area contributed by atoms with Gasteiger partial charge in [-0.2, -0.15) is 0 Å². The Hall–Kier alpha value is -0.0000000000000000555. The van der Waals surface area contributed by atoms with Crippen molar-refractivity contribution in [3.05, 3.63) is 10.4 Å². The molecule has 5 heteroatoms. The average Bonchev–Trinajstić information content (AvgIpc) is 1.88. The number of hydrogen-bond donors (Lipinski definition) is 0. The second-order valence-electron chi connectivity index (χ2n) is 1.27. The summed E-state index contributed by atoms with van der Waals surface area (Å²) in [6.07, 6.45) is -0.291. The second-order valence-corrected chi connectivity index (χ2v) is 2.15. The van der Waals surface area contributed by atoms with Crippen LogP contribution in [0.25, 0.3) is 10.4 Å². The zero-order chi connectivity index (χ0) is 7.11. The van der Waals surface area contributed by atoms with E-state index in [4.69, 9.17) is 10.3 Å². The highest BCUT2D eigenvalue weighted by atomic mass is 127. The summed E-state index contributed by atoms with van der Waals surface area (Å²) in [7, 11) is 0. The summed E-state index contributed by atoms with van der Waals surface area (Å²) in [4.78, 5) is 2.62. The summed E-state index contributed by atoms with van der Waals surface area (Å²) in [6, 6.07) is 0. The normalized spacial score (nSPS) is 12.2. The van der Waals surface area contributed by atoms with Crippen molar-refractivity contribution in [3.63, 3.8) is 0 Å². The Morgan fingerprint density at radius 3 is 2.89 bits per heavy atom. The molecule has 9 heavy (non-hydrogen) atoms. The molecule has 0 aliphatic rings. The number of rotatable bonds is 4. The molecule has 0 aliphatic carbocycles. The Bertz CT molecular complexity index is 112. The Morgan fingerprint density at radius 2 is 2.56 bits per heavy atom. The molecule has 52 valence electrons. The summed E-state index contributed by atoms with van der Waals surface area (Å²) < 4.78 is 5.71. The van der Waals surface area contributed by atoms with Crippen LogP contribution in [0.4, 0.5) is 0 Å². The van der Waals surface area contributed by atoms with Crippen molar-refractivity contribution in [1.82, 2.24) is 0 Å². The van der Waals surface area contributed by atoms with E-state index < -0.39 is 0 Å². The zero-order valence-electron chi connectivity index (χ0n) is 5.12. The van der Waals surface area contributed by atoms with Gasteiger partial charge in [-0.15, -0.1) is 0 Å². The predicted octanol–water partition coefficient (Wildman–Crippen LogP) is 2.09. The van der Waals surface area contributed by atoms with E-state index in [0.29, 0.717) is 11.0 Å². The lowest BCUT2D eigenvalue weighted by Crippen LogP contribution is -2.09. The molecule has 0 amide bonds. The van der Waals surface area contributed by atoms with E-state index in [9.17, 15) is 0 Å². The van der Waals surface area contributed by atoms with Gasteiger partial charge in [-0.05, 0) is 12.5 Å². The van der Waals surface area contributed by atoms with Crippen LogP contribution in [-0.4, -0.2) is 17.3 Å². The van der Waals surface area contributed by atoms with Crippen LogP contribution in [0.1, 0.15) is 6.92 Å². The van der Waals surface area contributed by atoms with Crippen molar-refractivity contribution in [1.29, 1.82) is 0 Å². The van der Waals surface area contributed by atoms with Gasteiger partial charge in [-0.3, -0.25) is 0 Å². The third kappa shape index (κ3) is 4.50. The summed E-state index contributed by atoms with van der Waals surface area (Å²) in [5.41, 5.74) is 7.97. The fourth-order valence-electron chi connectivity index (χ4n) is 0.359. The highest BCUT2D eigenvalue weighted by Crippen LogP contribution is 1.98. The lowest BCUT2D eigenvalue weighted by Gasteiger charge is -2.04. The second kappa shape index (κ2) is 6.12. The van der Waals surface area contributed by atoms with Crippen LogP contribution in [-0.2, 0) is 4.74 Å². The van der Waals surface area contributed by atoms with Gasteiger partial charge in [-0.25, -0.2) is 0 Å². The van der Waals surface area contributed by atoms with E-state index in [1.807, 2.05) is 6.92 Å². The van der Waals surface area contributed by atoms with Crippen molar-refractivity contribution >= 4 is 22.6 Å². The first-order chi connectivity index (χ1) is 4.35. The van der Waals surface area contributed by atoms with Crippen LogP contribution in [0, 0.1) is 0 Å². The highest BCUT2D eigenvalue weighted by molar-refractivity contribution is 14.1. The molecule has 0 radical (unpaired) electrons. The number of azide groups is 1. The first-order valence-corrected chi connectivity index (χ1v) is 4.09. The van der Waals surface area contributed by atoms with Crippen molar-refractivity contribution in [2.24, 2.45) is 5.11 Å². The van der Waals surface area contributed by atoms with Gasteiger partial charge in [0.25, 0.3) is 0 Å². The van der Waals surface area contributed by atoms with E-state index in [2.05, 4.69) is 32.6 Å². The van der Waals surface area contributed by atoms with E-state index >= 15 is 0 Å². The molecule has 0 bridgehead atoms. The van der Waals surface area contributed by atoms with Gasteiger partial charge in [0.1, 0.15) is 6.23 Å². The molecular weight excluding hydrogens is 233 g/mol. The molecule has 0 aromatic rings. The van der Waals surface area contributed by atoms with Crippen LogP contribution in [0.2, 0.25) is 0 Å². The van der Waals surface area contributed by atoms with Gasteiger partial charge in [-0.1, -0.05) is 27.7 Å². The molecule has 0 unspecified atom stereocenters. The largest absolute Gasteiger partial charge is 0.372 e. The van der Waals surface area contributed by atoms with Crippen molar-refractivity contribution in [3.8, 4) is 0 Å². The third-order valence-corrected chi connectivity index (χ3v) is 1.42. The molecule has 0 saturated carbocycles. The van der Waals surface area contributed by atoms with Gasteiger partial charge in [0.2, 0.25) is 0 Å². The molecule has 0 aliphatic heterocycles. The third-order valence-electron chi connectivity index (χ3n) is 0.671. The monoisotopic (exact) mass is 241 g/mol. The van der Waals surface area contributed by atoms with Gasteiger partial charge >= 0.3 is 0 Å². The first kappa shape index (κ1) is 9.00. The number of alkyl halides is 1. The smallest absolute Gasteiger partial charge is 0.145 e.